The minimum absolute atomic E-state index is 0.212. The van der Waals surface area contributed by atoms with Gasteiger partial charge in [0.05, 0.1) is 20.1 Å². The lowest BCUT2D eigenvalue weighted by atomic mass is 9.99. The normalized spacial score (nSPS) is 16.1. The number of carbonyl (C=O) groups is 1. The van der Waals surface area contributed by atoms with E-state index in [1.165, 1.54) is 20.0 Å². The molecule has 2 rings (SSSR count). The van der Waals surface area contributed by atoms with E-state index in [4.69, 9.17) is 9.47 Å². The summed E-state index contributed by atoms with van der Waals surface area (Å²) in [6.45, 7) is 0.616. The SMILES string of the molecule is COC(=O)C(CNC1CC1)c1cccc(OC)c1. The Labute approximate surface area is 107 Å². The molecule has 0 amide bonds. The van der Waals surface area contributed by atoms with Gasteiger partial charge in [-0.3, -0.25) is 4.79 Å². The molecule has 1 aromatic rings. The van der Waals surface area contributed by atoms with Gasteiger partial charge >= 0.3 is 5.97 Å². The van der Waals surface area contributed by atoms with Crippen molar-refractivity contribution in [1.82, 2.24) is 5.32 Å². The summed E-state index contributed by atoms with van der Waals surface area (Å²) in [5.74, 6) is 0.273. The average molecular weight is 249 g/mol. The maximum Gasteiger partial charge on any atom is 0.314 e. The predicted molar refractivity (Wildman–Crippen MR) is 68.8 cm³/mol. The molecular weight excluding hydrogens is 230 g/mol. The third-order valence-electron chi connectivity index (χ3n) is 3.17. The molecule has 0 aliphatic heterocycles. The molecule has 0 bridgehead atoms. The highest BCUT2D eigenvalue weighted by atomic mass is 16.5. The molecule has 1 N–H and O–H groups in total. The summed E-state index contributed by atoms with van der Waals surface area (Å²) in [4.78, 5) is 11.8. The Morgan fingerprint density at radius 3 is 2.83 bits per heavy atom. The molecule has 0 aromatic heterocycles. The summed E-state index contributed by atoms with van der Waals surface area (Å²) >= 11 is 0. The second kappa shape index (κ2) is 5.87. The van der Waals surface area contributed by atoms with Gasteiger partial charge in [0.15, 0.2) is 0 Å². The number of esters is 1. The second-order valence-electron chi connectivity index (χ2n) is 4.53. The molecular formula is C14H19NO3. The molecule has 4 nitrogen and oxygen atoms in total. The number of rotatable bonds is 6. The third-order valence-corrected chi connectivity index (χ3v) is 3.17. The van der Waals surface area contributed by atoms with Gasteiger partial charge in [0.25, 0.3) is 0 Å². The Bertz CT molecular complexity index is 415. The third kappa shape index (κ3) is 3.23. The Morgan fingerprint density at radius 2 is 2.22 bits per heavy atom. The minimum Gasteiger partial charge on any atom is -0.497 e. The number of carbonyl (C=O) groups excluding carboxylic acids is 1. The average Bonchev–Trinajstić information content (AvgIpc) is 3.23. The van der Waals surface area contributed by atoms with Crippen molar-refractivity contribution >= 4 is 5.97 Å². The lowest BCUT2D eigenvalue weighted by Gasteiger charge is -2.16. The Hall–Kier alpha value is -1.55. The topological polar surface area (TPSA) is 47.6 Å². The van der Waals surface area contributed by atoms with Crippen LogP contribution in [0.3, 0.4) is 0 Å². The molecule has 0 spiro atoms. The first-order valence-corrected chi connectivity index (χ1v) is 6.19. The number of hydrogen-bond donors (Lipinski definition) is 1. The van der Waals surface area contributed by atoms with E-state index in [2.05, 4.69) is 5.32 Å². The number of benzene rings is 1. The van der Waals surface area contributed by atoms with Crippen LogP contribution in [0.2, 0.25) is 0 Å². The number of nitrogens with one attached hydrogen (secondary N) is 1. The molecule has 98 valence electrons. The van der Waals surface area contributed by atoms with Crippen molar-refractivity contribution in [2.75, 3.05) is 20.8 Å². The Balaban J connectivity index is 2.11. The van der Waals surface area contributed by atoms with E-state index in [1.54, 1.807) is 7.11 Å². The van der Waals surface area contributed by atoms with Crippen LogP contribution in [0.1, 0.15) is 24.3 Å². The zero-order valence-corrected chi connectivity index (χ0v) is 10.8. The van der Waals surface area contributed by atoms with E-state index in [0.29, 0.717) is 12.6 Å². The quantitative estimate of drug-likeness (QED) is 0.780. The second-order valence-corrected chi connectivity index (χ2v) is 4.53. The van der Waals surface area contributed by atoms with E-state index < -0.39 is 0 Å². The van der Waals surface area contributed by atoms with Crippen LogP contribution < -0.4 is 10.1 Å². The molecule has 4 heteroatoms. The molecule has 1 unspecified atom stereocenters. The van der Waals surface area contributed by atoms with Crippen molar-refractivity contribution < 1.29 is 14.3 Å². The van der Waals surface area contributed by atoms with Crippen molar-refractivity contribution in [2.45, 2.75) is 24.8 Å². The Kier molecular flexibility index (Phi) is 4.20. The maximum atomic E-state index is 11.8. The van der Waals surface area contributed by atoms with Gasteiger partial charge < -0.3 is 14.8 Å². The summed E-state index contributed by atoms with van der Waals surface area (Å²) in [7, 11) is 3.04. The highest BCUT2D eigenvalue weighted by Gasteiger charge is 2.26. The molecule has 1 aliphatic rings. The van der Waals surface area contributed by atoms with E-state index in [1.807, 2.05) is 24.3 Å². The summed E-state index contributed by atoms with van der Waals surface area (Å²) in [6.07, 6.45) is 2.40. The molecule has 0 heterocycles. The van der Waals surface area contributed by atoms with Gasteiger partial charge in [-0.05, 0) is 30.5 Å². The molecule has 1 fully saturated rings. The molecule has 1 atom stereocenters. The number of hydrogen-bond acceptors (Lipinski definition) is 4. The first-order chi connectivity index (χ1) is 8.74. The Morgan fingerprint density at radius 1 is 1.44 bits per heavy atom. The summed E-state index contributed by atoms with van der Waals surface area (Å²) in [6, 6.07) is 8.14. The summed E-state index contributed by atoms with van der Waals surface area (Å²) < 4.78 is 10.1. The fraction of sp³-hybridized carbons (Fsp3) is 0.500. The van der Waals surface area contributed by atoms with E-state index in [9.17, 15) is 4.79 Å². The van der Waals surface area contributed by atoms with Crippen LogP contribution in [-0.4, -0.2) is 32.8 Å². The van der Waals surface area contributed by atoms with Gasteiger partial charge in [-0.1, -0.05) is 12.1 Å². The van der Waals surface area contributed by atoms with Gasteiger partial charge in [-0.25, -0.2) is 0 Å². The highest BCUT2D eigenvalue weighted by molar-refractivity contribution is 5.78. The molecule has 0 radical (unpaired) electrons. The molecule has 1 saturated carbocycles. The van der Waals surface area contributed by atoms with Crippen LogP contribution in [-0.2, 0) is 9.53 Å². The van der Waals surface area contributed by atoms with Gasteiger partial charge in [0.1, 0.15) is 5.75 Å². The van der Waals surface area contributed by atoms with Crippen LogP contribution >= 0.6 is 0 Å². The predicted octanol–water partition coefficient (Wildman–Crippen LogP) is 1.70. The fourth-order valence-electron chi connectivity index (χ4n) is 1.91. The fourth-order valence-corrected chi connectivity index (χ4v) is 1.91. The largest absolute Gasteiger partial charge is 0.497 e. The lowest BCUT2D eigenvalue weighted by molar-refractivity contribution is -0.142. The first-order valence-electron chi connectivity index (χ1n) is 6.19. The van der Waals surface area contributed by atoms with Crippen LogP contribution in [0, 0.1) is 0 Å². The smallest absolute Gasteiger partial charge is 0.314 e. The van der Waals surface area contributed by atoms with Crippen LogP contribution in [0.4, 0.5) is 0 Å². The summed E-state index contributed by atoms with van der Waals surface area (Å²) in [5.41, 5.74) is 0.925. The van der Waals surface area contributed by atoms with E-state index in [-0.39, 0.29) is 11.9 Å². The molecule has 1 aliphatic carbocycles. The zero-order chi connectivity index (χ0) is 13.0. The first kappa shape index (κ1) is 12.9. The molecule has 1 aromatic carbocycles. The van der Waals surface area contributed by atoms with Gasteiger partial charge in [0.2, 0.25) is 0 Å². The van der Waals surface area contributed by atoms with E-state index >= 15 is 0 Å². The van der Waals surface area contributed by atoms with Crippen molar-refractivity contribution in [1.29, 1.82) is 0 Å². The van der Waals surface area contributed by atoms with Crippen LogP contribution in [0.5, 0.6) is 5.75 Å². The zero-order valence-electron chi connectivity index (χ0n) is 10.8. The number of methoxy groups -OCH3 is 2. The van der Waals surface area contributed by atoms with Crippen LogP contribution in [0.15, 0.2) is 24.3 Å². The van der Waals surface area contributed by atoms with E-state index in [0.717, 1.165) is 11.3 Å². The molecule has 0 saturated heterocycles. The van der Waals surface area contributed by atoms with Gasteiger partial charge in [0, 0.05) is 12.6 Å². The van der Waals surface area contributed by atoms with Crippen LogP contribution in [0.25, 0.3) is 0 Å². The van der Waals surface area contributed by atoms with Crippen molar-refractivity contribution in [3.8, 4) is 5.75 Å². The van der Waals surface area contributed by atoms with Crippen molar-refractivity contribution in [3.05, 3.63) is 29.8 Å². The van der Waals surface area contributed by atoms with Gasteiger partial charge in [-0.15, -0.1) is 0 Å². The highest BCUT2D eigenvalue weighted by Crippen LogP contribution is 2.24. The number of ether oxygens (including phenoxy) is 2. The standard InChI is InChI=1S/C14H19NO3/c1-17-12-5-3-4-10(8-12)13(14(16)18-2)9-15-11-6-7-11/h3-5,8,11,13,15H,6-7,9H2,1-2H3. The van der Waals surface area contributed by atoms with Crippen molar-refractivity contribution in [2.24, 2.45) is 0 Å². The monoisotopic (exact) mass is 249 g/mol. The summed E-state index contributed by atoms with van der Waals surface area (Å²) in [5, 5.41) is 3.37. The van der Waals surface area contributed by atoms with Crippen molar-refractivity contribution in [3.63, 3.8) is 0 Å². The van der Waals surface area contributed by atoms with Gasteiger partial charge in [-0.2, -0.15) is 0 Å². The lowest BCUT2D eigenvalue weighted by Crippen LogP contribution is -2.29. The minimum atomic E-state index is -0.273. The molecule has 18 heavy (non-hydrogen) atoms. The maximum absolute atomic E-state index is 11.8.